The van der Waals surface area contributed by atoms with Crippen LogP contribution in [-0.2, 0) is 0 Å². The molecule has 0 aliphatic rings. The Kier molecular flexibility index (Phi) is 7.36. The Bertz CT molecular complexity index is 4200. The minimum Gasteiger partial charge on any atom is -0.456 e. The Morgan fingerprint density at radius 1 is 0.219 bits per heavy atom. The van der Waals surface area contributed by atoms with Crippen LogP contribution in [-0.4, -0.2) is 9.13 Å². The Hall–Kier alpha value is -8.60. The molecule has 0 bridgehead atoms. The van der Waals surface area contributed by atoms with Gasteiger partial charge >= 0.3 is 0 Å². The molecule has 0 fully saturated rings. The molecule has 0 saturated carbocycles. The summed E-state index contributed by atoms with van der Waals surface area (Å²) >= 11 is 0. The lowest BCUT2D eigenvalue weighted by molar-refractivity contribution is 0.668. The van der Waals surface area contributed by atoms with E-state index in [1.165, 1.54) is 43.7 Å². The van der Waals surface area contributed by atoms with Crippen molar-refractivity contribution in [2.45, 2.75) is 0 Å². The van der Waals surface area contributed by atoms with E-state index in [1.807, 2.05) is 24.3 Å². The highest BCUT2D eigenvalue weighted by atomic mass is 16.3. The van der Waals surface area contributed by atoms with Crippen molar-refractivity contribution in [3.8, 4) is 44.8 Å². The Morgan fingerprint density at radius 3 is 1.16 bits per heavy atom. The molecule has 4 heteroatoms. The molecule has 0 aliphatic heterocycles. The number of furan rings is 2. The van der Waals surface area contributed by atoms with Gasteiger partial charge in [-0.1, -0.05) is 115 Å². The third-order valence-electron chi connectivity index (χ3n) is 13.3. The maximum absolute atomic E-state index is 6.22. The summed E-state index contributed by atoms with van der Waals surface area (Å²) in [6.45, 7) is 0. The maximum Gasteiger partial charge on any atom is 0.135 e. The molecule has 0 amide bonds. The first-order valence-electron chi connectivity index (χ1n) is 21.8. The van der Waals surface area contributed by atoms with Gasteiger partial charge < -0.3 is 18.0 Å². The minimum atomic E-state index is 0.899. The van der Waals surface area contributed by atoms with Crippen LogP contribution in [0.4, 0.5) is 0 Å². The Labute approximate surface area is 367 Å². The fourth-order valence-corrected chi connectivity index (χ4v) is 10.3. The number of hydrogen-bond acceptors (Lipinski definition) is 2. The zero-order chi connectivity index (χ0) is 41.9. The summed E-state index contributed by atoms with van der Waals surface area (Å²) in [5.41, 5.74) is 17.6. The van der Waals surface area contributed by atoms with Gasteiger partial charge in [0.2, 0.25) is 0 Å². The average molecular weight is 817 g/mol. The smallest absolute Gasteiger partial charge is 0.135 e. The number of fused-ring (bicyclic) bond motifs is 12. The molecule has 0 aliphatic carbocycles. The second kappa shape index (κ2) is 13.4. The van der Waals surface area contributed by atoms with E-state index < -0.39 is 0 Å². The SMILES string of the molecule is c1ccc(-n2c3ccccc3c3cc(-c4ccc5c(c4)c4cc(-c6ccc7oc8ccccc8c7c6)ccc4n5-c4cccc(-c5ccc6oc7ccccc7c6c5)c4)ccc32)cc1. The molecule has 298 valence electrons. The van der Waals surface area contributed by atoms with E-state index in [0.29, 0.717) is 0 Å². The summed E-state index contributed by atoms with van der Waals surface area (Å²) in [6.07, 6.45) is 0. The zero-order valence-corrected chi connectivity index (χ0v) is 34.5. The third-order valence-corrected chi connectivity index (χ3v) is 13.3. The van der Waals surface area contributed by atoms with E-state index in [-0.39, 0.29) is 0 Å². The molecule has 0 unspecified atom stereocenters. The van der Waals surface area contributed by atoms with Gasteiger partial charge in [0, 0.05) is 54.5 Å². The van der Waals surface area contributed by atoms with Crippen molar-refractivity contribution in [1.82, 2.24) is 9.13 Å². The van der Waals surface area contributed by atoms with Crippen LogP contribution >= 0.6 is 0 Å². The van der Waals surface area contributed by atoms with Gasteiger partial charge in [0.05, 0.1) is 22.1 Å². The number of benzene rings is 10. The van der Waals surface area contributed by atoms with E-state index in [1.54, 1.807) is 0 Å². The van der Waals surface area contributed by atoms with Crippen molar-refractivity contribution in [1.29, 1.82) is 0 Å². The number of nitrogens with zero attached hydrogens (tertiary/aromatic N) is 2. The summed E-state index contributed by atoms with van der Waals surface area (Å²) in [5.74, 6) is 0. The topological polar surface area (TPSA) is 36.1 Å². The molecule has 64 heavy (non-hydrogen) atoms. The van der Waals surface area contributed by atoms with Crippen LogP contribution in [0.2, 0.25) is 0 Å². The molecule has 4 aromatic heterocycles. The van der Waals surface area contributed by atoms with E-state index in [4.69, 9.17) is 8.83 Å². The summed E-state index contributed by atoms with van der Waals surface area (Å²) in [6, 6.07) is 78.8. The zero-order valence-electron chi connectivity index (χ0n) is 34.5. The first-order chi connectivity index (χ1) is 31.7. The third kappa shape index (κ3) is 5.23. The van der Waals surface area contributed by atoms with Gasteiger partial charge in [-0.3, -0.25) is 0 Å². The van der Waals surface area contributed by atoms with E-state index in [9.17, 15) is 0 Å². The van der Waals surface area contributed by atoms with E-state index in [0.717, 1.165) is 88.5 Å². The van der Waals surface area contributed by atoms with Gasteiger partial charge in [0.1, 0.15) is 22.3 Å². The Balaban J connectivity index is 0.963. The highest BCUT2D eigenvalue weighted by molar-refractivity contribution is 6.14. The highest BCUT2D eigenvalue weighted by Gasteiger charge is 2.18. The van der Waals surface area contributed by atoms with Gasteiger partial charge in [-0.05, 0) is 137 Å². The van der Waals surface area contributed by atoms with Crippen molar-refractivity contribution < 1.29 is 8.83 Å². The summed E-state index contributed by atoms with van der Waals surface area (Å²) in [5, 5.41) is 9.39. The molecule has 10 aromatic carbocycles. The first-order valence-corrected chi connectivity index (χ1v) is 21.8. The normalized spacial score (nSPS) is 12.1. The lowest BCUT2D eigenvalue weighted by atomic mass is 9.98. The molecular weight excluding hydrogens is 781 g/mol. The molecule has 0 spiro atoms. The molecule has 0 radical (unpaired) electrons. The molecule has 0 N–H and O–H groups in total. The van der Waals surface area contributed by atoms with Gasteiger partial charge in [-0.25, -0.2) is 0 Å². The van der Waals surface area contributed by atoms with Gasteiger partial charge in [-0.15, -0.1) is 0 Å². The van der Waals surface area contributed by atoms with E-state index in [2.05, 4.69) is 203 Å². The first kappa shape index (κ1) is 35.0. The fourth-order valence-electron chi connectivity index (χ4n) is 10.3. The molecular formula is C60H36N2O2. The number of aromatic nitrogens is 2. The molecule has 0 atom stereocenters. The van der Waals surface area contributed by atoms with Crippen molar-refractivity contribution in [3.63, 3.8) is 0 Å². The summed E-state index contributed by atoms with van der Waals surface area (Å²) in [7, 11) is 0. The average Bonchev–Trinajstić information content (AvgIpc) is 4.11. The molecule has 4 nitrogen and oxygen atoms in total. The van der Waals surface area contributed by atoms with Gasteiger partial charge in [-0.2, -0.15) is 0 Å². The van der Waals surface area contributed by atoms with Crippen molar-refractivity contribution in [2.75, 3.05) is 0 Å². The monoisotopic (exact) mass is 816 g/mol. The number of para-hydroxylation sites is 4. The molecule has 14 rings (SSSR count). The number of hydrogen-bond donors (Lipinski definition) is 0. The Morgan fingerprint density at radius 2 is 0.594 bits per heavy atom. The standard InChI is InChI=1S/C60H36N2O2/c1-2-12-43(13-3-1)61-53-18-7-4-15-45(53)48-32-38(21-26-54(48)61)39-22-27-55-49(33-39)50-34-40(42-25-30-60-52(36-42)47-17-6-9-20-58(47)64-60)23-28-56(50)62(55)44-14-10-11-37(31-44)41-24-29-59-51(35-41)46-16-5-8-19-57(46)63-59/h1-36H. The summed E-state index contributed by atoms with van der Waals surface area (Å²) < 4.78 is 17.2. The van der Waals surface area contributed by atoms with Crippen molar-refractivity contribution in [3.05, 3.63) is 218 Å². The fraction of sp³-hybridized carbons (Fsp3) is 0. The van der Waals surface area contributed by atoms with Crippen LogP contribution in [0.15, 0.2) is 227 Å². The van der Waals surface area contributed by atoms with E-state index >= 15 is 0 Å². The van der Waals surface area contributed by atoms with Crippen molar-refractivity contribution in [2.24, 2.45) is 0 Å². The van der Waals surface area contributed by atoms with Crippen molar-refractivity contribution >= 4 is 87.5 Å². The number of rotatable bonds is 5. The van der Waals surface area contributed by atoms with Crippen LogP contribution < -0.4 is 0 Å². The van der Waals surface area contributed by atoms with Crippen LogP contribution in [0.3, 0.4) is 0 Å². The molecule has 4 heterocycles. The highest BCUT2D eigenvalue weighted by Crippen LogP contribution is 2.41. The lowest BCUT2D eigenvalue weighted by Crippen LogP contribution is -1.94. The van der Waals surface area contributed by atoms with Crippen LogP contribution in [0, 0.1) is 0 Å². The quantitative estimate of drug-likeness (QED) is 0.173. The van der Waals surface area contributed by atoms with Crippen LogP contribution in [0.25, 0.3) is 132 Å². The molecule has 0 saturated heterocycles. The predicted molar refractivity (Wildman–Crippen MR) is 266 cm³/mol. The van der Waals surface area contributed by atoms with Gasteiger partial charge in [0.25, 0.3) is 0 Å². The summed E-state index contributed by atoms with van der Waals surface area (Å²) in [4.78, 5) is 0. The second-order valence-electron chi connectivity index (χ2n) is 16.9. The molecule has 14 aromatic rings. The van der Waals surface area contributed by atoms with Crippen LogP contribution in [0.5, 0.6) is 0 Å². The predicted octanol–water partition coefficient (Wildman–Crippen LogP) is 16.7. The minimum absolute atomic E-state index is 0.899. The van der Waals surface area contributed by atoms with Crippen LogP contribution in [0.1, 0.15) is 0 Å². The maximum atomic E-state index is 6.22. The van der Waals surface area contributed by atoms with Gasteiger partial charge in [0.15, 0.2) is 0 Å². The second-order valence-corrected chi connectivity index (χ2v) is 16.9. The lowest BCUT2D eigenvalue weighted by Gasteiger charge is -2.11. The largest absolute Gasteiger partial charge is 0.456 e.